The van der Waals surface area contributed by atoms with Gasteiger partial charge >= 0.3 is 6.03 Å². The van der Waals surface area contributed by atoms with E-state index in [2.05, 4.69) is 10.6 Å². The molecule has 2 heterocycles. The normalized spacial score (nSPS) is 25.9. The zero-order valence-electron chi connectivity index (χ0n) is 7.46. The average Bonchev–Trinajstić information content (AvgIpc) is 2.16. The maximum Gasteiger partial charge on any atom is 0.326 e. The van der Waals surface area contributed by atoms with E-state index < -0.39 is 11.4 Å². The molecule has 0 aromatic carbocycles. The fourth-order valence-electron chi connectivity index (χ4n) is 1.75. The third-order valence-corrected chi connectivity index (χ3v) is 3.16. The third-order valence-electron chi connectivity index (χ3n) is 2.67. The zero-order valence-corrected chi connectivity index (χ0v) is 8.28. The van der Waals surface area contributed by atoms with Crippen LogP contribution in [-0.4, -0.2) is 30.1 Å². The summed E-state index contributed by atoms with van der Waals surface area (Å²) in [6.07, 6.45) is 1.08. The SMILES string of the molecule is O=C1NC(=O)C2(CCOCC2)C(=S)N1. The molecule has 2 rings (SSSR count). The van der Waals surface area contributed by atoms with E-state index >= 15 is 0 Å². The average molecular weight is 214 g/mol. The summed E-state index contributed by atoms with van der Waals surface area (Å²) in [5, 5.41) is 4.71. The van der Waals surface area contributed by atoms with E-state index in [1.165, 1.54) is 0 Å². The second-order valence-electron chi connectivity index (χ2n) is 3.43. The highest BCUT2D eigenvalue weighted by atomic mass is 32.1. The van der Waals surface area contributed by atoms with Crippen LogP contribution in [0.5, 0.6) is 0 Å². The predicted octanol–water partition coefficient (Wildman–Crippen LogP) is -0.0500. The molecule has 2 aliphatic heterocycles. The van der Waals surface area contributed by atoms with E-state index in [0.29, 0.717) is 31.0 Å². The summed E-state index contributed by atoms with van der Waals surface area (Å²) in [5.74, 6) is -0.297. The van der Waals surface area contributed by atoms with Crippen molar-refractivity contribution >= 4 is 29.1 Å². The summed E-state index contributed by atoms with van der Waals surface area (Å²) in [7, 11) is 0. The van der Waals surface area contributed by atoms with Gasteiger partial charge < -0.3 is 10.1 Å². The Morgan fingerprint density at radius 3 is 2.43 bits per heavy atom. The lowest BCUT2D eigenvalue weighted by atomic mass is 9.78. The van der Waals surface area contributed by atoms with Gasteiger partial charge in [-0.05, 0) is 12.8 Å². The molecule has 0 atom stereocenters. The molecule has 2 N–H and O–H groups in total. The molecule has 0 aliphatic carbocycles. The summed E-state index contributed by atoms with van der Waals surface area (Å²) in [6, 6.07) is -0.530. The van der Waals surface area contributed by atoms with Gasteiger partial charge in [-0.25, -0.2) is 4.79 Å². The van der Waals surface area contributed by atoms with Crippen LogP contribution in [0.15, 0.2) is 0 Å². The number of ether oxygens (including phenoxy) is 1. The number of nitrogens with one attached hydrogen (secondary N) is 2. The molecule has 1 spiro atoms. The third kappa shape index (κ3) is 1.31. The Labute approximate surface area is 86.2 Å². The quantitative estimate of drug-likeness (QED) is 0.555. The Morgan fingerprint density at radius 1 is 1.21 bits per heavy atom. The number of thiocarbonyl (C=S) groups is 1. The van der Waals surface area contributed by atoms with Gasteiger partial charge in [0.05, 0.1) is 4.99 Å². The van der Waals surface area contributed by atoms with Gasteiger partial charge in [0.2, 0.25) is 5.91 Å². The minimum Gasteiger partial charge on any atom is -0.381 e. The van der Waals surface area contributed by atoms with Crippen LogP contribution >= 0.6 is 12.2 Å². The highest BCUT2D eigenvalue weighted by Crippen LogP contribution is 2.33. The van der Waals surface area contributed by atoms with E-state index in [1.807, 2.05) is 0 Å². The number of carbonyl (C=O) groups excluding carboxylic acids is 2. The number of amides is 3. The van der Waals surface area contributed by atoms with E-state index in [-0.39, 0.29) is 5.91 Å². The first-order valence-electron chi connectivity index (χ1n) is 4.40. The molecule has 0 radical (unpaired) electrons. The minimum absolute atomic E-state index is 0.297. The molecule has 5 nitrogen and oxygen atoms in total. The lowest BCUT2D eigenvalue weighted by Crippen LogP contribution is -2.63. The number of urea groups is 1. The summed E-state index contributed by atoms with van der Waals surface area (Å²) < 4.78 is 5.17. The van der Waals surface area contributed by atoms with Gasteiger partial charge in [0, 0.05) is 13.2 Å². The first-order valence-corrected chi connectivity index (χ1v) is 4.81. The minimum atomic E-state index is -0.721. The van der Waals surface area contributed by atoms with Crippen LogP contribution in [0.3, 0.4) is 0 Å². The van der Waals surface area contributed by atoms with Crippen molar-refractivity contribution in [1.82, 2.24) is 10.6 Å². The molecule has 0 unspecified atom stereocenters. The molecule has 3 amide bonds. The summed E-state index contributed by atoms with van der Waals surface area (Å²) >= 11 is 5.04. The number of hydrogen-bond donors (Lipinski definition) is 2. The van der Waals surface area contributed by atoms with Crippen molar-refractivity contribution in [3.05, 3.63) is 0 Å². The van der Waals surface area contributed by atoms with E-state index in [1.54, 1.807) is 0 Å². The van der Waals surface area contributed by atoms with Crippen LogP contribution in [0.4, 0.5) is 4.79 Å². The first kappa shape index (κ1) is 9.54. The lowest BCUT2D eigenvalue weighted by molar-refractivity contribution is -0.130. The number of hydrogen-bond acceptors (Lipinski definition) is 4. The van der Waals surface area contributed by atoms with Crippen molar-refractivity contribution < 1.29 is 14.3 Å². The smallest absolute Gasteiger partial charge is 0.326 e. The molecule has 76 valence electrons. The van der Waals surface area contributed by atoms with Gasteiger partial charge in [0.1, 0.15) is 5.41 Å². The molecule has 0 bridgehead atoms. The van der Waals surface area contributed by atoms with E-state index in [0.717, 1.165) is 0 Å². The van der Waals surface area contributed by atoms with Crippen molar-refractivity contribution in [3.63, 3.8) is 0 Å². The molecule has 6 heteroatoms. The van der Waals surface area contributed by atoms with E-state index in [9.17, 15) is 9.59 Å². The highest BCUT2D eigenvalue weighted by molar-refractivity contribution is 7.80. The Bertz CT molecular complexity index is 288. The highest BCUT2D eigenvalue weighted by Gasteiger charge is 2.48. The van der Waals surface area contributed by atoms with Crippen LogP contribution in [0.2, 0.25) is 0 Å². The van der Waals surface area contributed by atoms with Crippen molar-refractivity contribution in [1.29, 1.82) is 0 Å². The lowest BCUT2D eigenvalue weighted by Gasteiger charge is -2.38. The topological polar surface area (TPSA) is 67.4 Å². The van der Waals surface area contributed by atoms with Gasteiger partial charge in [0.25, 0.3) is 0 Å². The Balaban J connectivity index is 2.27. The van der Waals surface area contributed by atoms with Gasteiger partial charge in [-0.3, -0.25) is 10.1 Å². The number of imide groups is 1. The monoisotopic (exact) mass is 214 g/mol. The number of carbonyl (C=O) groups is 2. The van der Waals surface area contributed by atoms with Gasteiger partial charge in [-0.1, -0.05) is 12.2 Å². The maximum absolute atomic E-state index is 11.7. The second-order valence-corrected chi connectivity index (χ2v) is 3.84. The fourth-order valence-corrected chi connectivity index (χ4v) is 2.14. The molecule has 2 aliphatic rings. The van der Waals surface area contributed by atoms with Crippen molar-refractivity contribution in [3.8, 4) is 0 Å². The maximum atomic E-state index is 11.7. The summed E-state index contributed by atoms with van der Waals surface area (Å²) in [4.78, 5) is 23.0. The first-order chi connectivity index (χ1) is 6.65. The van der Waals surface area contributed by atoms with Crippen molar-refractivity contribution in [2.45, 2.75) is 12.8 Å². The predicted molar refractivity (Wildman–Crippen MR) is 51.8 cm³/mol. The molecule has 14 heavy (non-hydrogen) atoms. The van der Waals surface area contributed by atoms with Crippen LogP contribution in [0, 0.1) is 5.41 Å². The van der Waals surface area contributed by atoms with Crippen molar-refractivity contribution in [2.24, 2.45) is 5.41 Å². The molecule has 0 aromatic rings. The molecule has 2 saturated heterocycles. The van der Waals surface area contributed by atoms with Crippen LogP contribution < -0.4 is 10.6 Å². The molecular formula is C8H10N2O3S. The summed E-state index contributed by atoms with van der Waals surface area (Å²) in [6.45, 7) is 1.01. The Hall–Kier alpha value is -1.01. The molecule has 2 fully saturated rings. The Kier molecular flexibility index (Phi) is 2.24. The summed E-state index contributed by atoms with van der Waals surface area (Å²) in [5.41, 5.74) is -0.721. The van der Waals surface area contributed by atoms with Crippen molar-refractivity contribution in [2.75, 3.05) is 13.2 Å². The molecular weight excluding hydrogens is 204 g/mol. The van der Waals surface area contributed by atoms with Crippen LogP contribution in [0.1, 0.15) is 12.8 Å². The van der Waals surface area contributed by atoms with Gasteiger partial charge in [0.15, 0.2) is 0 Å². The number of rotatable bonds is 0. The Morgan fingerprint density at radius 2 is 1.86 bits per heavy atom. The second kappa shape index (κ2) is 3.29. The van der Waals surface area contributed by atoms with E-state index in [4.69, 9.17) is 17.0 Å². The van der Waals surface area contributed by atoms with Crippen LogP contribution in [-0.2, 0) is 9.53 Å². The van der Waals surface area contributed by atoms with Gasteiger partial charge in [-0.15, -0.1) is 0 Å². The zero-order chi connectivity index (χ0) is 10.2. The fraction of sp³-hybridized carbons (Fsp3) is 0.625. The standard InChI is InChI=1S/C8H10N2O3S/c11-5-8(1-3-13-4-2-8)6(14)10-7(12)9-5/h1-4H2,(H2,9,10,11,12,14). The molecule has 0 aromatic heterocycles. The molecule has 0 saturated carbocycles. The van der Waals surface area contributed by atoms with Crippen LogP contribution in [0.25, 0.3) is 0 Å². The van der Waals surface area contributed by atoms with Gasteiger partial charge in [-0.2, -0.15) is 0 Å². The largest absolute Gasteiger partial charge is 0.381 e.